The van der Waals surface area contributed by atoms with Gasteiger partial charge in [0.1, 0.15) is 5.69 Å². The van der Waals surface area contributed by atoms with Crippen molar-refractivity contribution in [2.75, 3.05) is 14.1 Å². The van der Waals surface area contributed by atoms with E-state index in [1.165, 1.54) is 6.20 Å². The molecule has 0 saturated heterocycles. The lowest BCUT2D eigenvalue weighted by atomic mass is 9.95. The minimum absolute atomic E-state index is 0.0151. The van der Waals surface area contributed by atoms with Crippen LogP contribution in [0.1, 0.15) is 44.2 Å². The number of rotatable bonds is 4. The van der Waals surface area contributed by atoms with Gasteiger partial charge < -0.3 is 0 Å². The van der Waals surface area contributed by atoms with Crippen LogP contribution >= 0.6 is 11.6 Å². The van der Waals surface area contributed by atoms with E-state index in [1.54, 1.807) is 4.68 Å². The summed E-state index contributed by atoms with van der Waals surface area (Å²) in [5.74, 6) is -0.0151. The van der Waals surface area contributed by atoms with Crippen LogP contribution in [-0.4, -0.2) is 40.1 Å². The third kappa shape index (κ3) is 2.53. The summed E-state index contributed by atoms with van der Waals surface area (Å²) in [6, 6.07) is 0.111. The molecule has 0 aliphatic carbocycles. The molecule has 0 unspecified atom stereocenters. The van der Waals surface area contributed by atoms with E-state index in [0.29, 0.717) is 10.7 Å². The summed E-state index contributed by atoms with van der Waals surface area (Å²) < 4.78 is 1.68. The molecule has 4 nitrogen and oxygen atoms in total. The van der Waals surface area contributed by atoms with E-state index in [9.17, 15) is 4.79 Å². The Morgan fingerprint density at radius 3 is 2.41 bits per heavy atom. The third-order valence-electron chi connectivity index (χ3n) is 3.13. The summed E-state index contributed by atoms with van der Waals surface area (Å²) in [5, 5.41) is 4.57. The average Bonchev–Trinajstić information content (AvgIpc) is 2.58. The summed E-state index contributed by atoms with van der Waals surface area (Å²) in [6.45, 7) is 7.71. The van der Waals surface area contributed by atoms with E-state index in [0.717, 1.165) is 0 Å². The van der Waals surface area contributed by atoms with Crippen LogP contribution in [0.4, 0.5) is 0 Å². The highest BCUT2D eigenvalue weighted by molar-refractivity contribution is 6.34. The largest absolute Gasteiger partial charge is 0.297 e. The van der Waals surface area contributed by atoms with Crippen LogP contribution in [0.3, 0.4) is 0 Å². The van der Waals surface area contributed by atoms with Crippen molar-refractivity contribution in [1.29, 1.82) is 0 Å². The van der Waals surface area contributed by atoms with Gasteiger partial charge in [-0.2, -0.15) is 5.10 Å². The predicted molar refractivity (Wildman–Crippen MR) is 69.7 cm³/mol. The van der Waals surface area contributed by atoms with Crippen molar-refractivity contribution in [3.05, 3.63) is 16.9 Å². The van der Waals surface area contributed by atoms with Gasteiger partial charge in [-0.25, -0.2) is 0 Å². The average molecular weight is 258 g/mol. The molecule has 1 rings (SSSR count). The Morgan fingerprint density at radius 2 is 2.00 bits per heavy atom. The van der Waals surface area contributed by atoms with Crippen LogP contribution in [0, 0.1) is 0 Å². The zero-order chi connectivity index (χ0) is 13.4. The quantitative estimate of drug-likeness (QED) is 0.779. The molecule has 0 bridgehead atoms. The smallest absolute Gasteiger partial charge is 0.201 e. The molecule has 96 valence electrons. The number of halogens is 1. The molecule has 0 aliphatic rings. The van der Waals surface area contributed by atoms with Gasteiger partial charge in [-0.1, -0.05) is 11.6 Å². The van der Waals surface area contributed by atoms with Crippen LogP contribution in [0.5, 0.6) is 0 Å². The first-order chi connectivity index (χ1) is 7.69. The van der Waals surface area contributed by atoms with E-state index in [2.05, 4.69) is 5.10 Å². The first kappa shape index (κ1) is 14.2. The third-order valence-corrected chi connectivity index (χ3v) is 3.41. The van der Waals surface area contributed by atoms with Crippen LogP contribution in [0.25, 0.3) is 0 Å². The number of aromatic nitrogens is 2. The molecule has 5 heteroatoms. The normalized spacial score (nSPS) is 12.5. The van der Waals surface area contributed by atoms with E-state index in [-0.39, 0.29) is 11.8 Å². The number of carbonyl (C=O) groups is 1. The van der Waals surface area contributed by atoms with Crippen LogP contribution in [0.2, 0.25) is 5.02 Å². The lowest BCUT2D eigenvalue weighted by Gasteiger charge is -2.31. The van der Waals surface area contributed by atoms with Gasteiger partial charge in [-0.05, 0) is 41.8 Å². The highest BCUT2D eigenvalue weighted by atomic mass is 35.5. The summed E-state index contributed by atoms with van der Waals surface area (Å²) in [7, 11) is 3.75. The molecular formula is C12H20ClN3O. The standard InChI is InChI=1S/C12H20ClN3O/c1-8(2)16-10(9(13)7-14-16)11(17)12(3,4)15(5)6/h7-8H,1-6H3. The number of hydrogen-bond donors (Lipinski definition) is 0. The van der Waals surface area contributed by atoms with Crippen molar-refractivity contribution >= 4 is 17.4 Å². The second-order valence-electron chi connectivity index (χ2n) is 5.16. The van der Waals surface area contributed by atoms with E-state index < -0.39 is 5.54 Å². The minimum Gasteiger partial charge on any atom is -0.297 e. The van der Waals surface area contributed by atoms with Gasteiger partial charge in [-0.3, -0.25) is 14.4 Å². The van der Waals surface area contributed by atoms with Crippen LogP contribution in [0.15, 0.2) is 6.20 Å². The predicted octanol–water partition coefficient (Wildman–Crippen LogP) is 2.64. The Morgan fingerprint density at radius 1 is 1.47 bits per heavy atom. The highest BCUT2D eigenvalue weighted by Gasteiger charge is 2.35. The second-order valence-corrected chi connectivity index (χ2v) is 5.57. The first-order valence-electron chi connectivity index (χ1n) is 5.64. The van der Waals surface area contributed by atoms with Gasteiger partial charge in [0, 0.05) is 6.04 Å². The summed E-state index contributed by atoms with van der Waals surface area (Å²) in [6.07, 6.45) is 1.53. The number of hydrogen-bond acceptors (Lipinski definition) is 3. The number of ketones is 1. The Hall–Kier alpha value is -0.870. The fraction of sp³-hybridized carbons (Fsp3) is 0.667. The minimum atomic E-state index is -0.601. The fourth-order valence-electron chi connectivity index (χ4n) is 1.44. The molecular weight excluding hydrogens is 238 g/mol. The van der Waals surface area contributed by atoms with Crippen LogP contribution in [-0.2, 0) is 0 Å². The SMILES string of the molecule is CC(C)n1ncc(Cl)c1C(=O)C(C)(C)N(C)C. The van der Waals surface area contributed by atoms with Gasteiger partial charge >= 0.3 is 0 Å². The van der Waals surface area contributed by atoms with E-state index >= 15 is 0 Å². The molecule has 0 spiro atoms. The maximum atomic E-state index is 12.5. The van der Waals surface area contributed by atoms with Gasteiger partial charge in [0.05, 0.1) is 16.8 Å². The van der Waals surface area contributed by atoms with Gasteiger partial charge in [0.2, 0.25) is 5.78 Å². The molecule has 0 aromatic carbocycles. The molecule has 0 N–H and O–H groups in total. The van der Waals surface area contributed by atoms with E-state index in [1.807, 2.05) is 46.7 Å². The molecule has 0 atom stereocenters. The molecule has 1 aromatic heterocycles. The molecule has 17 heavy (non-hydrogen) atoms. The highest BCUT2D eigenvalue weighted by Crippen LogP contribution is 2.25. The van der Waals surface area contributed by atoms with Gasteiger partial charge in [-0.15, -0.1) is 0 Å². The van der Waals surface area contributed by atoms with Crippen molar-refractivity contribution < 1.29 is 4.79 Å². The molecule has 1 heterocycles. The molecule has 0 saturated carbocycles. The van der Waals surface area contributed by atoms with Crippen molar-refractivity contribution in [2.24, 2.45) is 0 Å². The maximum Gasteiger partial charge on any atom is 0.201 e. The number of carbonyl (C=O) groups excluding carboxylic acids is 1. The van der Waals surface area contributed by atoms with Gasteiger partial charge in [0.25, 0.3) is 0 Å². The van der Waals surface area contributed by atoms with Crippen molar-refractivity contribution in [3.8, 4) is 0 Å². The number of nitrogens with zero attached hydrogens (tertiary/aromatic N) is 3. The summed E-state index contributed by atoms with van der Waals surface area (Å²) in [4.78, 5) is 14.4. The fourth-order valence-corrected chi connectivity index (χ4v) is 1.65. The summed E-state index contributed by atoms with van der Waals surface area (Å²) in [5.41, 5.74) is -0.114. The topological polar surface area (TPSA) is 38.1 Å². The van der Waals surface area contributed by atoms with E-state index in [4.69, 9.17) is 11.6 Å². The molecule has 0 fully saturated rings. The van der Waals surface area contributed by atoms with Crippen molar-refractivity contribution in [1.82, 2.24) is 14.7 Å². The zero-order valence-corrected chi connectivity index (χ0v) is 12.0. The molecule has 0 aliphatic heterocycles. The lowest BCUT2D eigenvalue weighted by Crippen LogP contribution is -2.46. The zero-order valence-electron chi connectivity index (χ0n) is 11.3. The molecule has 0 amide bonds. The first-order valence-corrected chi connectivity index (χ1v) is 6.02. The van der Waals surface area contributed by atoms with Gasteiger partial charge in [0.15, 0.2) is 0 Å². The molecule has 1 aromatic rings. The van der Waals surface area contributed by atoms with Crippen molar-refractivity contribution in [2.45, 2.75) is 39.3 Å². The molecule has 0 radical (unpaired) electrons. The van der Waals surface area contributed by atoms with Crippen molar-refractivity contribution in [3.63, 3.8) is 0 Å². The maximum absolute atomic E-state index is 12.5. The lowest BCUT2D eigenvalue weighted by molar-refractivity contribution is 0.0742. The Balaban J connectivity index is 3.25. The second kappa shape index (κ2) is 4.78. The Bertz CT molecular complexity index is 421. The summed E-state index contributed by atoms with van der Waals surface area (Å²) >= 11 is 6.07. The Kier molecular flexibility index (Phi) is 3.99. The monoisotopic (exact) mass is 257 g/mol. The number of Topliss-reactive ketones (excluding diaryl/α,β-unsaturated/α-hetero) is 1. The number of likely N-dealkylation sites (N-methyl/N-ethyl adjacent to an activating group) is 1. The Labute approximate surface area is 108 Å². The van der Waals surface area contributed by atoms with Crippen LogP contribution < -0.4 is 0 Å².